The zero-order valence-electron chi connectivity index (χ0n) is 22.2. The predicted molar refractivity (Wildman–Crippen MR) is 146 cm³/mol. The average Bonchev–Trinajstić information content (AvgIpc) is 3.47. The maximum Gasteiger partial charge on any atom is 0.416 e. The SMILES string of the molecule is O=C(NCc1cc(-c2ccc(C(F)(F)F)cc2)nc(N2CCCCC2)c1)C1CCCN1S(=O)(=O)c1ccc(F)cc1. The Morgan fingerprint density at radius 1 is 0.927 bits per heavy atom. The molecule has 0 radical (unpaired) electrons. The topological polar surface area (TPSA) is 82.6 Å². The fourth-order valence-corrected chi connectivity index (χ4v) is 6.93. The highest BCUT2D eigenvalue weighted by atomic mass is 32.2. The number of sulfonamides is 1. The van der Waals surface area contributed by atoms with E-state index in [1.165, 1.54) is 24.3 Å². The number of alkyl halides is 3. The Kier molecular flexibility index (Phi) is 8.32. The lowest BCUT2D eigenvalue weighted by Crippen LogP contribution is -2.45. The van der Waals surface area contributed by atoms with E-state index in [1.54, 1.807) is 6.07 Å². The molecule has 2 aromatic carbocycles. The molecule has 5 rings (SSSR count). The number of nitrogens with one attached hydrogen (secondary N) is 1. The van der Waals surface area contributed by atoms with Crippen LogP contribution in [0.5, 0.6) is 0 Å². The molecule has 12 heteroatoms. The lowest BCUT2D eigenvalue weighted by atomic mass is 10.1. The number of carbonyl (C=O) groups excluding carboxylic acids is 1. The minimum Gasteiger partial charge on any atom is -0.357 e. The Bertz CT molecular complexity index is 1490. The van der Waals surface area contributed by atoms with Crippen LogP contribution in [-0.2, 0) is 27.5 Å². The Hall–Kier alpha value is -3.51. The third-order valence-corrected chi connectivity index (χ3v) is 9.38. The molecule has 1 atom stereocenters. The van der Waals surface area contributed by atoms with Crippen LogP contribution in [0, 0.1) is 5.82 Å². The summed E-state index contributed by atoms with van der Waals surface area (Å²) in [5, 5.41) is 2.84. The quantitative estimate of drug-likeness (QED) is 0.375. The zero-order valence-corrected chi connectivity index (χ0v) is 23.0. The highest BCUT2D eigenvalue weighted by Gasteiger charge is 2.39. The number of anilines is 1. The van der Waals surface area contributed by atoms with Gasteiger partial charge < -0.3 is 10.2 Å². The van der Waals surface area contributed by atoms with E-state index in [9.17, 15) is 30.8 Å². The second-order valence-corrected chi connectivity index (χ2v) is 12.2. The maximum absolute atomic E-state index is 13.3. The second kappa shape index (κ2) is 11.8. The molecule has 2 saturated heterocycles. The van der Waals surface area contributed by atoms with Gasteiger partial charge in [-0.25, -0.2) is 17.8 Å². The molecule has 1 amide bonds. The molecule has 1 N–H and O–H groups in total. The van der Waals surface area contributed by atoms with Gasteiger partial charge in [0.15, 0.2) is 0 Å². The molecule has 2 aliphatic rings. The number of amides is 1. The monoisotopic (exact) mass is 590 g/mol. The number of pyridine rings is 1. The summed E-state index contributed by atoms with van der Waals surface area (Å²) in [4.78, 5) is 20.0. The Morgan fingerprint density at radius 2 is 1.61 bits per heavy atom. The van der Waals surface area contributed by atoms with Crippen molar-refractivity contribution in [2.45, 2.75) is 55.8 Å². The first-order valence-corrected chi connectivity index (χ1v) is 14.9. The van der Waals surface area contributed by atoms with Crippen LogP contribution in [0.2, 0.25) is 0 Å². The number of piperidine rings is 1. The molecule has 0 spiro atoms. The van der Waals surface area contributed by atoms with Crippen LogP contribution in [0.15, 0.2) is 65.6 Å². The van der Waals surface area contributed by atoms with E-state index in [0.717, 1.165) is 60.9 Å². The van der Waals surface area contributed by atoms with Crippen molar-refractivity contribution in [1.29, 1.82) is 0 Å². The van der Waals surface area contributed by atoms with Gasteiger partial charge in [0.25, 0.3) is 0 Å². The summed E-state index contributed by atoms with van der Waals surface area (Å²) in [6.07, 6.45) is -0.494. The van der Waals surface area contributed by atoms with E-state index in [1.807, 2.05) is 6.07 Å². The fraction of sp³-hybridized carbons (Fsp3) is 0.379. The van der Waals surface area contributed by atoms with Gasteiger partial charge in [0, 0.05) is 31.7 Å². The lowest BCUT2D eigenvalue weighted by molar-refractivity contribution is -0.137. The summed E-state index contributed by atoms with van der Waals surface area (Å²) in [5.74, 6) is -0.343. The Morgan fingerprint density at radius 3 is 2.27 bits per heavy atom. The summed E-state index contributed by atoms with van der Waals surface area (Å²) >= 11 is 0. The van der Waals surface area contributed by atoms with Gasteiger partial charge in [-0.15, -0.1) is 0 Å². The number of benzene rings is 2. The highest BCUT2D eigenvalue weighted by molar-refractivity contribution is 7.89. The van der Waals surface area contributed by atoms with Crippen LogP contribution < -0.4 is 10.2 Å². The van der Waals surface area contributed by atoms with Crippen LogP contribution >= 0.6 is 0 Å². The first-order chi connectivity index (χ1) is 19.5. The highest BCUT2D eigenvalue weighted by Crippen LogP contribution is 2.32. The minimum absolute atomic E-state index is 0.0801. The Balaban J connectivity index is 1.36. The summed E-state index contributed by atoms with van der Waals surface area (Å²) < 4.78 is 80.1. The predicted octanol–water partition coefficient (Wildman–Crippen LogP) is 5.37. The average molecular weight is 591 g/mol. The third-order valence-electron chi connectivity index (χ3n) is 7.45. The van der Waals surface area contributed by atoms with E-state index in [4.69, 9.17) is 4.98 Å². The second-order valence-electron chi connectivity index (χ2n) is 10.3. The zero-order chi connectivity index (χ0) is 29.2. The summed E-state index contributed by atoms with van der Waals surface area (Å²) in [5.41, 5.74) is 0.927. The molecule has 1 aromatic heterocycles. The van der Waals surface area contributed by atoms with Crippen molar-refractivity contribution in [3.8, 4) is 11.3 Å². The molecule has 2 fully saturated rings. The van der Waals surface area contributed by atoms with E-state index in [-0.39, 0.29) is 18.0 Å². The molecular weight excluding hydrogens is 560 g/mol. The van der Waals surface area contributed by atoms with Gasteiger partial charge in [-0.1, -0.05) is 12.1 Å². The molecular formula is C29H30F4N4O3S. The van der Waals surface area contributed by atoms with Crippen LogP contribution in [0.3, 0.4) is 0 Å². The molecule has 3 heterocycles. The van der Waals surface area contributed by atoms with Crippen molar-refractivity contribution < 1.29 is 30.8 Å². The number of rotatable bonds is 7. The van der Waals surface area contributed by atoms with E-state index in [2.05, 4.69) is 10.2 Å². The summed E-state index contributed by atoms with van der Waals surface area (Å²) in [6.45, 7) is 1.85. The van der Waals surface area contributed by atoms with E-state index in [0.29, 0.717) is 35.5 Å². The molecule has 0 bridgehead atoms. The molecule has 218 valence electrons. The van der Waals surface area contributed by atoms with Gasteiger partial charge in [0.2, 0.25) is 15.9 Å². The van der Waals surface area contributed by atoms with Gasteiger partial charge in [0.1, 0.15) is 17.7 Å². The van der Waals surface area contributed by atoms with Gasteiger partial charge >= 0.3 is 6.18 Å². The van der Waals surface area contributed by atoms with E-state index < -0.39 is 39.5 Å². The van der Waals surface area contributed by atoms with Crippen molar-refractivity contribution in [1.82, 2.24) is 14.6 Å². The minimum atomic E-state index is -4.45. The van der Waals surface area contributed by atoms with Crippen LogP contribution in [0.4, 0.5) is 23.4 Å². The van der Waals surface area contributed by atoms with Crippen LogP contribution in [-0.4, -0.2) is 49.3 Å². The van der Waals surface area contributed by atoms with Gasteiger partial charge in [-0.3, -0.25) is 4.79 Å². The van der Waals surface area contributed by atoms with Crippen molar-refractivity contribution in [3.05, 3.63) is 77.6 Å². The molecule has 3 aromatic rings. The molecule has 2 aliphatic heterocycles. The number of hydrogen-bond acceptors (Lipinski definition) is 5. The lowest BCUT2D eigenvalue weighted by Gasteiger charge is -2.28. The fourth-order valence-electron chi connectivity index (χ4n) is 5.27. The number of aromatic nitrogens is 1. The molecule has 0 aliphatic carbocycles. The summed E-state index contributed by atoms with van der Waals surface area (Å²) in [7, 11) is -4.00. The number of nitrogens with zero attached hydrogens (tertiary/aromatic N) is 3. The van der Waals surface area contributed by atoms with Crippen molar-refractivity contribution in [2.24, 2.45) is 0 Å². The van der Waals surface area contributed by atoms with Crippen molar-refractivity contribution >= 4 is 21.7 Å². The van der Waals surface area contributed by atoms with Gasteiger partial charge in [0.05, 0.1) is 16.2 Å². The van der Waals surface area contributed by atoms with Crippen LogP contribution in [0.1, 0.15) is 43.2 Å². The molecule has 1 unspecified atom stereocenters. The van der Waals surface area contributed by atoms with Crippen molar-refractivity contribution in [3.63, 3.8) is 0 Å². The van der Waals surface area contributed by atoms with Crippen LogP contribution in [0.25, 0.3) is 11.3 Å². The van der Waals surface area contributed by atoms with Crippen molar-refractivity contribution in [2.75, 3.05) is 24.5 Å². The maximum atomic E-state index is 13.3. The number of hydrogen-bond donors (Lipinski definition) is 1. The summed E-state index contributed by atoms with van der Waals surface area (Å²) in [6, 6.07) is 11.9. The van der Waals surface area contributed by atoms with Gasteiger partial charge in [-0.05, 0) is 86.2 Å². The first-order valence-electron chi connectivity index (χ1n) is 13.5. The molecule has 7 nitrogen and oxygen atoms in total. The number of halogens is 4. The molecule has 0 saturated carbocycles. The standard InChI is InChI=1S/C29H30F4N4O3S/c30-23-10-12-24(13-11-23)41(39,40)37-16-4-5-26(37)28(38)34-19-20-17-25(21-6-8-22(9-7-21)29(31,32)33)35-27(18-20)36-14-2-1-3-15-36/h6-13,17-18,26H,1-5,14-16,19H2,(H,34,38). The first kappa shape index (κ1) is 29.0. The normalized spacial score (nSPS) is 18.4. The van der Waals surface area contributed by atoms with E-state index >= 15 is 0 Å². The smallest absolute Gasteiger partial charge is 0.357 e. The van der Waals surface area contributed by atoms with Gasteiger partial charge in [-0.2, -0.15) is 17.5 Å². The molecule has 41 heavy (non-hydrogen) atoms. The number of carbonyl (C=O) groups is 1. The third kappa shape index (κ3) is 6.54. The largest absolute Gasteiger partial charge is 0.416 e. The Labute approximate surface area is 236 Å².